The van der Waals surface area contributed by atoms with Gasteiger partial charge in [-0.2, -0.15) is 5.10 Å². The Hall–Kier alpha value is -1.36. The molecule has 0 bridgehead atoms. The van der Waals surface area contributed by atoms with E-state index >= 15 is 0 Å². The van der Waals surface area contributed by atoms with Crippen LogP contribution < -0.4 is 5.32 Å². The maximum Gasteiger partial charge on any atom is 0.241 e. The maximum absolute atomic E-state index is 11.4. The highest BCUT2D eigenvalue weighted by molar-refractivity contribution is 5.75. The predicted molar refractivity (Wildman–Crippen MR) is 56.5 cm³/mol. The highest BCUT2D eigenvalue weighted by Crippen LogP contribution is 1.94. The third kappa shape index (κ3) is 4.12. The quantitative estimate of drug-likeness (QED) is 0.690. The molecule has 1 amide bonds. The van der Waals surface area contributed by atoms with E-state index in [2.05, 4.69) is 10.4 Å². The smallest absolute Gasteiger partial charge is 0.241 e. The first kappa shape index (κ1) is 11.7. The van der Waals surface area contributed by atoms with Crippen LogP contribution in [0.3, 0.4) is 0 Å². The van der Waals surface area contributed by atoms with Gasteiger partial charge in [0.15, 0.2) is 0 Å². The van der Waals surface area contributed by atoms with Gasteiger partial charge in [0.2, 0.25) is 5.91 Å². The van der Waals surface area contributed by atoms with E-state index < -0.39 is 0 Å². The van der Waals surface area contributed by atoms with Crippen molar-refractivity contribution >= 4 is 5.91 Å². The number of nitrogens with zero attached hydrogens (tertiary/aromatic N) is 2. The average Bonchev–Trinajstić information content (AvgIpc) is 2.59. The van der Waals surface area contributed by atoms with Gasteiger partial charge in [-0.1, -0.05) is 0 Å². The number of aromatic nitrogens is 2. The van der Waals surface area contributed by atoms with Crippen LogP contribution in [0.2, 0.25) is 0 Å². The largest absolute Gasteiger partial charge is 0.385 e. The van der Waals surface area contributed by atoms with Gasteiger partial charge in [0, 0.05) is 32.2 Å². The third-order valence-corrected chi connectivity index (χ3v) is 2.07. The van der Waals surface area contributed by atoms with Gasteiger partial charge in [0.1, 0.15) is 6.54 Å². The lowest BCUT2D eigenvalue weighted by atomic mass is 10.4. The number of hydrogen-bond donors (Lipinski definition) is 1. The lowest BCUT2D eigenvalue weighted by Crippen LogP contribution is -2.29. The number of aryl methyl sites for hydroxylation is 1. The zero-order chi connectivity index (χ0) is 11.1. The van der Waals surface area contributed by atoms with Crippen LogP contribution in [-0.2, 0) is 16.1 Å². The lowest BCUT2D eigenvalue weighted by Gasteiger charge is -2.06. The van der Waals surface area contributed by atoms with E-state index in [1.165, 1.54) is 0 Å². The van der Waals surface area contributed by atoms with E-state index in [-0.39, 0.29) is 12.5 Å². The van der Waals surface area contributed by atoms with Crippen LogP contribution in [0.15, 0.2) is 12.3 Å². The van der Waals surface area contributed by atoms with Gasteiger partial charge in [-0.3, -0.25) is 9.48 Å². The molecular formula is C10H17N3O2. The van der Waals surface area contributed by atoms with Crippen LogP contribution in [-0.4, -0.2) is 35.9 Å². The van der Waals surface area contributed by atoms with E-state index in [1.807, 2.05) is 13.0 Å². The molecule has 1 aromatic rings. The van der Waals surface area contributed by atoms with Crippen LogP contribution >= 0.6 is 0 Å². The van der Waals surface area contributed by atoms with Crippen LogP contribution in [0.1, 0.15) is 12.1 Å². The second-order valence-electron chi connectivity index (χ2n) is 3.33. The minimum atomic E-state index is -0.0158. The molecule has 84 valence electrons. The number of hydrogen-bond acceptors (Lipinski definition) is 3. The molecule has 0 aliphatic carbocycles. The van der Waals surface area contributed by atoms with Crippen molar-refractivity contribution in [3.63, 3.8) is 0 Å². The molecule has 0 radical (unpaired) electrons. The Labute approximate surface area is 89.4 Å². The van der Waals surface area contributed by atoms with Gasteiger partial charge in [0.25, 0.3) is 0 Å². The molecule has 0 aliphatic rings. The van der Waals surface area contributed by atoms with Gasteiger partial charge in [-0.25, -0.2) is 0 Å². The van der Waals surface area contributed by atoms with E-state index in [0.29, 0.717) is 13.2 Å². The summed E-state index contributed by atoms with van der Waals surface area (Å²) in [5.74, 6) is -0.0158. The first-order valence-electron chi connectivity index (χ1n) is 4.98. The Bertz CT molecular complexity index is 309. The summed E-state index contributed by atoms with van der Waals surface area (Å²) in [6.45, 7) is 3.52. The van der Waals surface area contributed by atoms with Gasteiger partial charge in [0.05, 0.1) is 0 Å². The van der Waals surface area contributed by atoms with Gasteiger partial charge >= 0.3 is 0 Å². The molecule has 0 atom stereocenters. The highest BCUT2D eigenvalue weighted by atomic mass is 16.5. The van der Waals surface area contributed by atoms with Crippen molar-refractivity contribution in [2.45, 2.75) is 19.9 Å². The van der Waals surface area contributed by atoms with Gasteiger partial charge in [-0.15, -0.1) is 0 Å². The van der Waals surface area contributed by atoms with Crippen LogP contribution in [0.5, 0.6) is 0 Å². The Morgan fingerprint density at radius 3 is 3.07 bits per heavy atom. The number of rotatable bonds is 6. The van der Waals surface area contributed by atoms with Crippen molar-refractivity contribution < 1.29 is 9.53 Å². The first-order chi connectivity index (χ1) is 7.24. The molecule has 1 aromatic heterocycles. The number of carbonyl (C=O) groups excluding carboxylic acids is 1. The van der Waals surface area contributed by atoms with Crippen LogP contribution in [0, 0.1) is 6.92 Å². The SMILES string of the molecule is COCCCNC(=O)Cn1nccc1C. The van der Waals surface area contributed by atoms with Crippen molar-refractivity contribution in [1.82, 2.24) is 15.1 Å². The molecule has 0 aromatic carbocycles. The van der Waals surface area contributed by atoms with Gasteiger partial charge < -0.3 is 10.1 Å². The molecule has 15 heavy (non-hydrogen) atoms. The van der Waals surface area contributed by atoms with Crippen molar-refractivity contribution in [2.75, 3.05) is 20.3 Å². The second kappa shape index (κ2) is 6.19. The monoisotopic (exact) mass is 211 g/mol. The maximum atomic E-state index is 11.4. The molecule has 5 heteroatoms. The average molecular weight is 211 g/mol. The fourth-order valence-corrected chi connectivity index (χ4v) is 1.20. The molecular weight excluding hydrogens is 194 g/mol. The Morgan fingerprint density at radius 1 is 1.67 bits per heavy atom. The molecule has 0 saturated carbocycles. The molecule has 1 heterocycles. The van der Waals surface area contributed by atoms with Crippen LogP contribution in [0.25, 0.3) is 0 Å². The highest BCUT2D eigenvalue weighted by Gasteiger charge is 2.03. The van der Waals surface area contributed by atoms with Crippen molar-refractivity contribution in [2.24, 2.45) is 0 Å². The van der Waals surface area contributed by atoms with E-state index in [0.717, 1.165) is 12.1 Å². The third-order valence-electron chi connectivity index (χ3n) is 2.07. The Balaban J connectivity index is 2.22. The summed E-state index contributed by atoms with van der Waals surface area (Å²) in [4.78, 5) is 11.4. The fraction of sp³-hybridized carbons (Fsp3) is 0.600. The van der Waals surface area contributed by atoms with Crippen molar-refractivity contribution in [3.05, 3.63) is 18.0 Å². The number of methoxy groups -OCH3 is 1. The second-order valence-corrected chi connectivity index (χ2v) is 3.33. The summed E-state index contributed by atoms with van der Waals surface area (Å²) in [7, 11) is 1.65. The number of carbonyl (C=O) groups is 1. The summed E-state index contributed by atoms with van der Waals surface area (Å²) in [5.41, 5.74) is 0.988. The van der Waals surface area contributed by atoms with E-state index in [1.54, 1.807) is 18.0 Å². The zero-order valence-corrected chi connectivity index (χ0v) is 9.19. The molecule has 0 saturated heterocycles. The predicted octanol–water partition coefficient (Wildman–Crippen LogP) is 0.344. The molecule has 1 N–H and O–H groups in total. The molecule has 0 fully saturated rings. The van der Waals surface area contributed by atoms with E-state index in [4.69, 9.17) is 4.74 Å². The van der Waals surface area contributed by atoms with Crippen molar-refractivity contribution in [1.29, 1.82) is 0 Å². The summed E-state index contributed by atoms with van der Waals surface area (Å²) in [6, 6.07) is 1.87. The minimum Gasteiger partial charge on any atom is -0.385 e. The normalized spacial score (nSPS) is 10.3. The number of ether oxygens (including phenoxy) is 1. The first-order valence-corrected chi connectivity index (χ1v) is 4.98. The molecule has 1 rings (SSSR count). The fourth-order valence-electron chi connectivity index (χ4n) is 1.20. The van der Waals surface area contributed by atoms with Crippen molar-refractivity contribution in [3.8, 4) is 0 Å². The summed E-state index contributed by atoms with van der Waals surface area (Å²) < 4.78 is 6.55. The molecule has 0 unspecified atom stereocenters. The molecule has 0 aliphatic heterocycles. The summed E-state index contributed by atoms with van der Waals surface area (Å²) >= 11 is 0. The van der Waals surface area contributed by atoms with Crippen LogP contribution in [0.4, 0.5) is 0 Å². The van der Waals surface area contributed by atoms with E-state index in [9.17, 15) is 4.79 Å². The summed E-state index contributed by atoms with van der Waals surface area (Å²) in [6.07, 6.45) is 2.52. The molecule has 0 spiro atoms. The Kier molecular flexibility index (Phi) is 4.83. The molecule has 5 nitrogen and oxygen atoms in total. The zero-order valence-electron chi connectivity index (χ0n) is 9.19. The lowest BCUT2D eigenvalue weighted by molar-refractivity contribution is -0.121. The summed E-state index contributed by atoms with van der Waals surface area (Å²) in [5, 5.41) is 6.83. The standard InChI is InChI=1S/C10H17N3O2/c1-9-4-6-12-13(9)8-10(14)11-5-3-7-15-2/h4,6H,3,5,7-8H2,1-2H3,(H,11,14). The number of nitrogens with one attached hydrogen (secondary N) is 1. The van der Waals surface area contributed by atoms with Gasteiger partial charge in [-0.05, 0) is 19.4 Å². The Morgan fingerprint density at radius 2 is 2.47 bits per heavy atom. The number of amides is 1. The minimum absolute atomic E-state index is 0.0158. The topological polar surface area (TPSA) is 56.1 Å².